The molecule has 6 heteroatoms. The second kappa shape index (κ2) is 17.5. The molecule has 0 radical (unpaired) electrons. The van der Waals surface area contributed by atoms with Gasteiger partial charge in [-0.05, 0) is 59.7 Å². The Kier molecular flexibility index (Phi) is 13.4. The first-order valence-electron chi connectivity index (χ1n) is 16.3. The molecule has 0 spiro atoms. The maximum absolute atomic E-state index is 15.2. The molecule has 0 amide bonds. The minimum atomic E-state index is -0.973. The van der Waals surface area contributed by atoms with Gasteiger partial charge in [0.15, 0.2) is 17.9 Å². The summed E-state index contributed by atoms with van der Waals surface area (Å²) in [6.45, 7) is 5.62. The largest absolute Gasteiger partial charge is 0.490 e. The molecule has 3 aromatic carbocycles. The molecule has 3 nitrogen and oxygen atoms in total. The summed E-state index contributed by atoms with van der Waals surface area (Å²) in [5.41, 5.74) is 2.78. The van der Waals surface area contributed by atoms with Crippen molar-refractivity contribution >= 4 is 0 Å². The van der Waals surface area contributed by atoms with Gasteiger partial charge in [-0.3, -0.25) is 0 Å². The number of hydrogen-bond donors (Lipinski definition) is 0. The van der Waals surface area contributed by atoms with E-state index in [1.54, 1.807) is 36.4 Å². The molecule has 4 rings (SSSR count). The first-order valence-corrected chi connectivity index (χ1v) is 16.3. The minimum absolute atomic E-state index is 0.0614. The van der Waals surface area contributed by atoms with Gasteiger partial charge in [0.2, 0.25) is 5.82 Å². The highest BCUT2D eigenvalue weighted by Crippen LogP contribution is 2.33. The number of halogens is 3. The van der Waals surface area contributed by atoms with Crippen molar-refractivity contribution in [3.63, 3.8) is 0 Å². The van der Waals surface area contributed by atoms with Gasteiger partial charge >= 0.3 is 0 Å². The van der Waals surface area contributed by atoms with Gasteiger partial charge in [-0.2, -0.15) is 4.39 Å². The van der Waals surface area contributed by atoms with E-state index in [0.717, 1.165) is 37.7 Å². The van der Waals surface area contributed by atoms with E-state index >= 15 is 4.39 Å². The maximum atomic E-state index is 15.2. The highest BCUT2D eigenvalue weighted by atomic mass is 19.2. The summed E-state index contributed by atoms with van der Waals surface area (Å²) in [6.07, 6.45) is 13.2. The van der Waals surface area contributed by atoms with Crippen LogP contribution in [0.5, 0.6) is 5.75 Å². The molecule has 1 aliphatic heterocycles. The van der Waals surface area contributed by atoms with Gasteiger partial charge in [0.1, 0.15) is 5.82 Å². The Hall–Kier alpha value is -2.83. The van der Waals surface area contributed by atoms with Crippen molar-refractivity contribution in [1.29, 1.82) is 0 Å². The van der Waals surface area contributed by atoms with Crippen molar-refractivity contribution < 1.29 is 27.4 Å². The zero-order chi connectivity index (χ0) is 30.4. The average Bonchev–Trinajstić information content (AvgIpc) is 3.03. The second-order valence-electron chi connectivity index (χ2n) is 11.7. The normalized spacial score (nSPS) is 16.9. The standard InChI is InChI=1S/C37H47F3O3/c1-3-5-7-9-11-13-23-41-34-22-21-32(36(39)37(34)40)28-17-15-27(16-18-28)29-19-20-31(33(38)24-29)30-25-42-35(43-26-30)14-12-10-8-6-4-2/h15-22,24,30,35H,3-14,23,25-26H2,1-2H3. The quantitative estimate of drug-likeness (QED) is 0.145. The Morgan fingerprint density at radius 1 is 0.651 bits per heavy atom. The van der Waals surface area contributed by atoms with Crippen LogP contribution in [0.25, 0.3) is 22.3 Å². The van der Waals surface area contributed by atoms with E-state index < -0.39 is 11.6 Å². The fourth-order valence-corrected chi connectivity index (χ4v) is 5.61. The molecular weight excluding hydrogens is 549 g/mol. The predicted molar refractivity (Wildman–Crippen MR) is 168 cm³/mol. The van der Waals surface area contributed by atoms with Crippen molar-refractivity contribution in [1.82, 2.24) is 0 Å². The minimum Gasteiger partial charge on any atom is -0.490 e. The summed E-state index contributed by atoms with van der Waals surface area (Å²) in [4.78, 5) is 0. The molecule has 0 atom stereocenters. The Morgan fingerprint density at radius 3 is 1.93 bits per heavy atom. The highest BCUT2D eigenvalue weighted by molar-refractivity contribution is 5.71. The van der Waals surface area contributed by atoms with Crippen LogP contribution in [0.3, 0.4) is 0 Å². The van der Waals surface area contributed by atoms with E-state index in [4.69, 9.17) is 14.2 Å². The van der Waals surface area contributed by atoms with Crippen LogP contribution in [0.4, 0.5) is 13.2 Å². The van der Waals surface area contributed by atoms with Crippen LogP contribution in [-0.2, 0) is 9.47 Å². The van der Waals surface area contributed by atoms with Gasteiger partial charge in [0.25, 0.3) is 0 Å². The average molecular weight is 597 g/mol. The molecule has 0 unspecified atom stereocenters. The lowest BCUT2D eigenvalue weighted by Crippen LogP contribution is -2.31. The predicted octanol–water partition coefficient (Wildman–Crippen LogP) is 11.0. The summed E-state index contributed by atoms with van der Waals surface area (Å²) in [5.74, 6) is -2.42. The highest BCUT2D eigenvalue weighted by Gasteiger charge is 2.25. The first-order chi connectivity index (χ1) is 21.0. The third-order valence-electron chi connectivity index (χ3n) is 8.28. The Labute approximate surface area is 255 Å². The van der Waals surface area contributed by atoms with Gasteiger partial charge in [0, 0.05) is 11.5 Å². The Morgan fingerprint density at radius 2 is 1.26 bits per heavy atom. The summed E-state index contributed by atoms with van der Waals surface area (Å²) >= 11 is 0. The van der Waals surface area contributed by atoms with Gasteiger partial charge in [-0.25, -0.2) is 8.78 Å². The fraction of sp³-hybridized carbons (Fsp3) is 0.514. The van der Waals surface area contributed by atoms with E-state index in [1.807, 2.05) is 6.07 Å². The molecule has 1 aliphatic rings. The Balaban J connectivity index is 1.31. The van der Waals surface area contributed by atoms with Crippen molar-refractivity contribution in [3.8, 4) is 28.0 Å². The van der Waals surface area contributed by atoms with Gasteiger partial charge in [-0.1, -0.05) is 108 Å². The zero-order valence-corrected chi connectivity index (χ0v) is 25.8. The van der Waals surface area contributed by atoms with Crippen LogP contribution in [0.2, 0.25) is 0 Å². The van der Waals surface area contributed by atoms with Crippen LogP contribution >= 0.6 is 0 Å². The topological polar surface area (TPSA) is 27.7 Å². The van der Waals surface area contributed by atoms with Gasteiger partial charge in [0.05, 0.1) is 19.8 Å². The lowest BCUT2D eigenvalue weighted by Gasteiger charge is -2.30. The maximum Gasteiger partial charge on any atom is 0.201 e. The molecule has 0 N–H and O–H groups in total. The fourth-order valence-electron chi connectivity index (χ4n) is 5.61. The molecule has 43 heavy (non-hydrogen) atoms. The van der Waals surface area contributed by atoms with Crippen molar-refractivity contribution in [2.45, 2.75) is 103 Å². The molecule has 0 bridgehead atoms. The summed E-state index contributed by atoms with van der Waals surface area (Å²) < 4.78 is 62.2. The SMILES string of the molecule is CCCCCCCCOc1ccc(-c2ccc(-c3ccc(C4COC(CCCCCCC)OC4)c(F)c3)cc2)c(F)c1F. The number of hydrogen-bond acceptors (Lipinski definition) is 3. The number of ether oxygens (including phenoxy) is 3. The molecule has 234 valence electrons. The lowest BCUT2D eigenvalue weighted by atomic mass is 9.95. The van der Waals surface area contributed by atoms with Gasteiger partial charge < -0.3 is 14.2 Å². The Bertz CT molecular complexity index is 1250. The van der Waals surface area contributed by atoms with E-state index in [-0.39, 0.29) is 29.3 Å². The van der Waals surface area contributed by atoms with Crippen LogP contribution in [0.1, 0.15) is 102 Å². The van der Waals surface area contributed by atoms with Crippen LogP contribution in [0.15, 0.2) is 54.6 Å². The van der Waals surface area contributed by atoms with Crippen molar-refractivity contribution in [2.75, 3.05) is 19.8 Å². The number of benzene rings is 3. The van der Waals surface area contributed by atoms with Crippen molar-refractivity contribution in [3.05, 3.63) is 77.6 Å². The van der Waals surface area contributed by atoms with Gasteiger partial charge in [-0.15, -0.1) is 0 Å². The molecular formula is C37H47F3O3. The number of rotatable bonds is 17. The van der Waals surface area contributed by atoms with Crippen LogP contribution in [-0.4, -0.2) is 26.1 Å². The lowest BCUT2D eigenvalue weighted by molar-refractivity contribution is -0.190. The summed E-state index contributed by atoms with van der Waals surface area (Å²) in [6, 6.07) is 15.3. The summed E-state index contributed by atoms with van der Waals surface area (Å²) in [5, 5.41) is 0. The first kappa shape index (κ1) is 33.1. The summed E-state index contributed by atoms with van der Waals surface area (Å²) in [7, 11) is 0. The molecule has 1 heterocycles. The number of unbranched alkanes of at least 4 members (excludes halogenated alkanes) is 9. The van der Waals surface area contributed by atoms with Crippen LogP contribution in [0, 0.1) is 17.5 Å². The zero-order valence-electron chi connectivity index (χ0n) is 25.8. The third-order valence-corrected chi connectivity index (χ3v) is 8.28. The second-order valence-corrected chi connectivity index (χ2v) is 11.7. The molecule has 1 fully saturated rings. The van der Waals surface area contributed by atoms with E-state index in [9.17, 15) is 8.78 Å². The third kappa shape index (κ3) is 9.58. The molecule has 3 aromatic rings. The van der Waals surface area contributed by atoms with E-state index in [2.05, 4.69) is 13.8 Å². The smallest absolute Gasteiger partial charge is 0.201 e. The molecule has 1 saturated heterocycles. The molecule has 0 aliphatic carbocycles. The molecule has 0 saturated carbocycles. The van der Waals surface area contributed by atoms with E-state index in [1.165, 1.54) is 57.1 Å². The molecule has 0 aromatic heterocycles. The van der Waals surface area contributed by atoms with Crippen molar-refractivity contribution in [2.24, 2.45) is 0 Å². The van der Waals surface area contributed by atoms with Crippen LogP contribution < -0.4 is 4.74 Å². The van der Waals surface area contributed by atoms with E-state index in [0.29, 0.717) is 36.5 Å². The monoisotopic (exact) mass is 596 g/mol.